The third-order valence-electron chi connectivity index (χ3n) is 5.14. The molecule has 0 bridgehead atoms. The van der Waals surface area contributed by atoms with E-state index in [9.17, 15) is 4.79 Å². The summed E-state index contributed by atoms with van der Waals surface area (Å²) in [5, 5.41) is 19.4. The lowest BCUT2D eigenvalue weighted by molar-refractivity contribution is -0.130. The molecule has 4 rings (SSSR count). The van der Waals surface area contributed by atoms with Crippen molar-refractivity contribution >= 4 is 39.5 Å². The zero-order valence-electron chi connectivity index (χ0n) is 19.3. The summed E-state index contributed by atoms with van der Waals surface area (Å²) in [5.41, 5.74) is 5.04. The van der Waals surface area contributed by atoms with Gasteiger partial charge in [0.1, 0.15) is 5.69 Å². The van der Waals surface area contributed by atoms with Gasteiger partial charge in [-0.3, -0.25) is 0 Å². The molecule has 0 N–H and O–H groups in total. The highest BCUT2D eigenvalue weighted by atomic mass is 16.5. The molecule has 6 nitrogen and oxygen atoms in total. The molecule has 0 aromatic heterocycles. The Morgan fingerprint density at radius 3 is 2.32 bits per heavy atom. The van der Waals surface area contributed by atoms with Crippen LogP contribution in [0.3, 0.4) is 0 Å². The fourth-order valence-corrected chi connectivity index (χ4v) is 3.33. The largest absolute Gasteiger partial charge is 0.421 e. The molecule has 0 aliphatic carbocycles. The van der Waals surface area contributed by atoms with Gasteiger partial charge in [-0.2, -0.15) is 15.3 Å². The number of esters is 1. The number of carbonyl (C=O) groups is 1. The monoisotopic (exact) mass is 448 g/mol. The minimum atomic E-state index is -0.508. The summed E-state index contributed by atoms with van der Waals surface area (Å²) in [6.45, 7) is 9.22. The molecule has 0 aliphatic rings. The minimum Gasteiger partial charge on any atom is -0.421 e. The Morgan fingerprint density at radius 2 is 1.56 bits per heavy atom. The summed E-state index contributed by atoms with van der Waals surface area (Å²) >= 11 is 0. The Bertz CT molecular complexity index is 1450. The van der Waals surface area contributed by atoms with Crippen LogP contribution in [0, 0.1) is 13.8 Å². The number of azo groups is 2. The van der Waals surface area contributed by atoms with E-state index in [1.807, 2.05) is 86.6 Å². The number of rotatable bonds is 6. The third-order valence-corrected chi connectivity index (χ3v) is 5.14. The summed E-state index contributed by atoms with van der Waals surface area (Å²) in [4.78, 5) is 12.1. The number of hydrogen-bond acceptors (Lipinski definition) is 6. The normalized spacial score (nSPS) is 11.4. The second-order valence-electron chi connectivity index (χ2n) is 8.01. The lowest BCUT2D eigenvalue weighted by atomic mass is 10.1. The van der Waals surface area contributed by atoms with Gasteiger partial charge < -0.3 is 4.74 Å². The van der Waals surface area contributed by atoms with Crippen molar-refractivity contribution in [3.05, 3.63) is 102 Å². The molecule has 0 saturated heterocycles. The van der Waals surface area contributed by atoms with E-state index in [0.29, 0.717) is 22.7 Å². The van der Waals surface area contributed by atoms with E-state index in [-0.39, 0.29) is 0 Å². The van der Waals surface area contributed by atoms with E-state index < -0.39 is 5.97 Å². The Balaban J connectivity index is 1.64. The first kappa shape index (κ1) is 22.7. The van der Waals surface area contributed by atoms with E-state index in [4.69, 9.17) is 4.74 Å². The summed E-state index contributed by atoms with van der Waals surface area (Å²) in [6.07, 6.45) is 0. The van der Waals surface area contributed by atoms with Gasteiger partial charge in [-0.1, -0.05) is 49.0 Å². The second-order valence-corrected chi connectivity index (χ2v) is 8.01. The topological polar surface area (TPSA) is 75.7 Å². The van der Waals surface area contributed by atoms with Crippen LogP contribution >= 0.6 is 0 Å². The van der Waals surface area contributed by atoms with Crippen LogP contribution in [-0.2, 0) is 4.79 Å². The van der Waals surface area contributed by atoms with Gasteiger partial charge in [0, 0.05) is 11.0 Å². The predicted octanol–water partition coefficient (Wildman–Crippen LogP) is 8.77. The Labute approximate surface area is 198 Å². The van der Waals surface area contributed by atoms with Gasteiger partial charge in [-0.15, -0.1) is 5.11 Å². The van der Waals surface area contributed by atoms with Gasteiger partial charge in [-0.25, -0.2) is 4.79 Å². The number of hydrogen-bond donors (Lipinski definition) is 0. The molecule has 6 heteroatoms. The van der Waals surface area contributed by atoms with E-state index in [0.717, 1.165) is 33.3 Å². The molecule has 0 heterocycles. The summed E-state index contributed by atoms with van der Waals surface area (Å²) < 4.78 is 5.51. The molecule has 0 radical (unpaired) electrons. The van der Waals surface area contributed by atoms with Gasteiger partial charge in [-0.05, 0) is 73.7 Å². The number of ether oxygens (including phenoxy) is 1. The predicted molar refractivity (Wildman–Crippen MR) is 135 cm³/mol. The van der Waals surface area contributed by atoms with Crippen molar-refractivity contribution in [1.29, 1.82) is 0 Å². The van der Waals surface area contributed by atoms with Gasteiger partial charge in [0.2, 0.25) is 0 Å². The smallest absolute Gasteiger partial charge is 0.338 e. The first-order valence-corrected chi connectivity index (χ1v) is 10.8. The van der Waals surface area contributed by atoms with E-state index >= 15 is 0 Å². The van der Waals surface area contributed by atoms with Crippen LogP contribution in [0.15, 0.2) is 111 Å². The van der Waals surface area contributed by atoms with Crippen LogP contribution in [0.2, 0.25) is 0 Å². The third kappa shape index (κ3) is 5.30. The Hall–Kier alpha value is -4.45. The maximum Gasteiger partial charge on any atom is 0.338 e. The highest BCUT2D eigenvalue weighted by molar-refractivity contribution is 5.97. The standard InChI is InChI=1S/C28H24N4O2/c1-18(2)28(33)34-26-15-12-21-9-5-6-11-24(21)27(26)32-30-23-13-14-25(20(4)17-23)31-29-22-10-7-8-19(3)16-22/h5-17H,1H2,2-4H3. The van der Waals surface area contributed by atoms with Crippen molar-refractivity contribution in [1.82, 2.24) is 0 Å². The molecule has 0 amide bonds. The Morgan fingerprint density at radius 1 is 0.794 bits per heavy atom. The molecule has 0 unspecified atom stereocenters. The van der Waals surface area contributed by atoms with E-state index in [2.05, 4.69) is 27.0 Å². The molecule has 4 aromatic rings. The van der Waals surface area contributed by atoms with Crippen LogP contribution < -0.4 is 4.74 Å². The second kappa shape index (κ2) is 10.0. The molecular weight excluding hydrogens is 424 g/mol. The van der Waals surface area contributed by atoms with E-state index in [1.165, 1.54) is 0 Å². The average molecular weight is 449 g/mol. The fourth-order valence-electron chi connectivity index (χ4n) is 3.33. The molecule has 34 heavy (non-hydrogen) atoms. The van der Waals surface area contributed by atoms with Crippen molar-refractivity contribution in [3.8, 4) is 5.75 Å². The molecule has 0 fully saturated rings. The maximum atomic E-state index is 12.1. The van der Waals surface area contributed by atoms with Crippen molar-refractivity contribution in [2.75, 3.05) is 0 Å². The number of nitrogens with zero attached hydrogens (tertiary/aromatic N) is 4. The first-order chi connectivity index (χ1) is 16.4. The van der Waals surface area contributed by atoms with Crippen molar-refractivity contribution < 1.29 is 9.53 Å². The average Bonchev–Trinajstić information content (AvgIpc) is 2.82. The van der Waals surface area contributed by atoms with Gasteiger partial charge in [0.15, 0.2) is 5.75 Å². The van der Waals surface area contributed by atoms with Gasteiger partial charge >= 0.3 is 5.97 Å². The lowest BCUT2D eigenvalue weighted by Crippen LogP contribution is -2.08. The van der Waals surface area contributed by atoms with Crippen molar-refractivity contribution in [3.63, 3.8) is 0 Å². The molecule has 0 spiro atoms. The number of fused-ring (bicyclic) bond motifs is 1. The van der Waals surface area contributed by atoms with Crippen LogP contribution in [0.1, 0.15) is 18.1 Å². The zero-order chi connectivity index (χ0) is 24.1. The quantitative estimate of drug-likeness (QED) is 0.128. The van der Waals surface area contributed by atoms with Crippen molar-refractivity contribution in [2.45, 2.75) is 20.8 Å². The Kier molecular flexibility index (Phi) is 6.69. The van der Waals surface area contributed by atoms with E-state index in [1.54, 1.807) is 13.0 Å². The van der Waals surface area contributed by atoms with Gasteiger partial charge in [0.05, 0.1) is 17.1 Å². The summed E-state index contributed by atoms with van der Waals surface area (Å²) in [7, 11) is 0. The summed E-state index contributed by atoms with van der Waals surface area (Å²) in [5.74, 6) is -0.179. The van der Waals surface area contributed by atoms with Crippen LogP contribution in [0.5, 0.6) is 5.75 Å². The first-order valence-electron chi connectivity index (χ1n) is 10.8. The molecule has 0 aliphatic heterocycles. The highest BCUT2D eigenvalue weighted by Crippen LogP contribution is 2.37. The molecule has 0 atom stereocenters. The highest BCUT2D eigenvalue weighted by Gasteiger charge is 2.13. The van der Waals surface area contributed by atoms with Gasteiger partial charge in [0.25, 0.3) is 0 Å². The molecular formula is C28H24N4O2. The lowest BCUT2D eigenvalue weighted by Gasteiger charge is -2.09. The molecule has 168 valence electrons. The maximum absolute atomic E-state index is 12.1. The zero-order valence-corrected chi connectivity index (χ0v) is 19.3. The van der Waals surface area contributed by atoms with Crippen LogP contribution in [-0.4, -0.2) is 5.97 Å². The fraction of sp³-hybridized carbons (Fsp3) is 0.107. The van der Waals surface area contributed by atoms with Crippen LogP contribution in [0.25, 0.3) is 10.8 Å². The van der Waals surface area contributed by atoms with Crippen LogP contribution in [0.4, 0.5) is 22.7 Å². The number of carbonyl (C=O) groups excluding carboxylic acids is 1. The number of aryl methyl sites for hydroxylation is 2. The molecule has 0 saturated carbocycles. The number of benzene rings is 4. The SMILES string of the molecule is C=C(C)C(=O)Oc1ccc2ccccc2c1N=Nc1ccc(N=Nc2cccc(C)c2)c(C)c1. The van der Waals surface area contributed by atoms with Crippen molar-refractivity contribution in [2.24, 2.45) is 20.5 Å². The minimum absolute atomic E-state index is 0.307. The summed E-state index contributed by atoms with van der Waals surface area (Å²) in [6, 6.07) is 24.8. The molecule has 4 aromatic carbocycles.